The zero-order valence-electron chi connectivity index (χ0n) is 13.8. The predicted octanol–water partition coefficient (Wildman–Crippen LogP) is 3.53. The van der Waals surface area contributed by atoms with Crippen LogP contribution in [0, 0.1) is 0 Å². The molecule has 0 bridgehead atoms. The second-order valence-corrected chi connectivity index (χ2v) is 7.48. The van der Waals surface area contributed by atoms with E-state index >= 15 is 0 Å². The van der Waals surface area contributed by atoms with Gasteiger partial charge in [-0.25, -0.2) is 0 Å². The van der Waals surface area contributed by atoms with E-state index < -0.39 is 0 Å². The van der Waals surface area contributed by atoms with Crippen LogP contribution in [0.2, 0.25) is 0 Å². The quantitative estimate of drug-likeness (QED) is 0.499. The fraction of sp³-hybridized carbons (Fsp3) is 0.105. The largest absolute Gasteiger partial charge is 0.494 e. The Morgan fingerprint density at radius 2 is 1.88 bits per heavy atom. The first-order chi connectivity index (χ1) is 12.6. The minimum Gasteiger partial charge on any atom is -0.494 e. The van der Waals surface area contributed by atoms with Crippen LogP contribution in [0.25, 0.3) is 22.4 Å². The van der Waals surface area contributed by atoms with Gasteiger partial charge in [0, 0.05) is 10.0 Å². The molecule has 0 spiro atoms. The number of rotatable bonds is 4. The van der Waals surface area contributed by atoms with Gasteiger partial charge >= 0.3 is 0 Å². The molecule has 0 unspecified atom stereocenters. The van der Waals surface area contributed by atoms with Gasteiger partial charge in [0.15, 0.2) is 5.82 Å². The lowest BCUT2D eigenvalue weighted by atomic mass is 10.2. The smallest absolute Gasteiger partial charge is 0.291 e. The lowest BCUT2D eigenvalue weighted by Crippen LogP contribution is -2.23. The van der Waals surface area contributed by atoms with Gasteiger partial charge in [0.2, 0.25) is 4.96 Å². The highest BCUT2D eigenvalue weighted by Gasteiger charge is 2.12. The molecular weight excluding hydrogens is 414 g/mol. The molecule has 2 aromatic heterocycles. The van der Waals surface area contributed by atoms with Crippen molar-refractivity contribution in [1.29, 1.82) is 0 Å². The number of benzene rings is 2. The minimum absolute atomic E-state index is 0.155. The molecule has 0 aliphatic heterocycles. The second kappa shape index (κ2) is 7.01. The topological polar surface area (TPSA) is 56.5 Å². The number of thiazole rings is 1. The van der Waals surface area contributed by atoms with Gasteiger partial charge in [-0.1, -0.05) is 39.4 Å². The van der Waals surface area contributed by atoms with Crippen LogP contribution in [0.1, 0.15) is 12.5 Å². The highest BCUT2D eigenvalue weighted by atomic mass is 79.9. The molecule has 0 saturated heterocycles. The molecule has 0 aliphatic rings. The first-order valence-electron chi connectivity index (χ1n) is 8.04. The highest BCUT2D eigenvalue weighted by molar-refractivity contribution is 9.10. The summed E-state index contributed by atoms with van der Waals surface area (Å²) in [5, 5.41) is 4.37. The average molecular weight is 428 g/mol. The molecule has 4 rings (SSSR count). The van der Waals surface area contributed by atoms with E-state index in [-0.39, 0.29) is 5.56 Å². The zero-order chi connectivity index (χ0) is 18.1. The maximum atomic E-state index is 12.6. The van der Waals surface area contributed by atoms with Crippen LogP contribution < -0.4 is 14.8 Å². The van der Waals surface area contributed by atoms with Crippen LogP contribution >= 0.6 is 27.3 Å². The van der Waals surface area contributed by atoms with E-state index in [9.17, 15) is 4.79 Å². The molecular formula is C19H14BrN3O2S. The molecule has 0 fully saturated rings. The van der Waals surface area contributed by atoms with Crippen molar-refractivity contribution in [1.82, 2.24) is 14.6 Å². The average Bonchev–Trinajstić information content (AvgIpc) is 3.18. The van der Waals surface area contributed by atoms with Crippen LogP contribution in [0.4, 0.5) is 0 Å². The van der Waals surface area contributed by atoms with Gasteiger partial charge in [-0.3, -0.25) is 4.79 Å². The van der Waals surface area contributed by atoms with Gasteiger partial charge in [0.25, 0.3) is 5.56 Å². The van der Waals surface area contributed by atoms with E-state index in [4.69, 9.17) is 4.74 Å². The summed E-state index contributed by atoms with van der Waals surface area (Å²) in [5.41, 5.74) is 1.65. The molecule has 0 aliphatic carbocycles. The Bertz CT molecular complexity index is 1160. The first-order valence-corrected chi connectivity index (χ1v) is 9.65. The monoisotopic (exact) mass is 427 g/mol. The standard InChI is InChI=1S/C19H14BrN3O2S/c1-2-25-15-9-5-13(6-10-15)17-21-19-23(22-17)18(24)16(26-19)11-12-3-7-14(20)8-4-12/h3-11H,2H2,1H3/b16-11+. The van der Waals surface area contributed by atoms with E-state index in [0.717, 1.165) is 21.3 Å². The van der Waals surface area contributed by atoms with Gasteiger partial charge in [-0.15, -0.1) is 5.10 Å². The van der Waals surface area contributed by atoms with Crippen molar-refractivity contribution in [2.24, 2.45) is 0 Å². The number of nitrogens with zero attached hydrogens (tertiary/aromatic N) is 3. The molecule has 5 nitrogen and oxygen atoms in total. The zero-order valence-corrected chi connectivity index (χ0v) is 16.3. The second-order valence-electron chi connectivity index (χ2n) is 5.55. The summed E-state index contributed by atoms with van der Waals surface area (Å²) in [6.45, 7) is 2.56. The molecule has 7 heteroatoms. The van der Waals surface area contributed by atoms with Crippen molar-refractivity contribution < 1.29 is 4.74 Å². The van der Waals surface area contributed by atoms with Crippen LogP contribution in [-0.2, 0) is 0 Å². The summed E-state index contributed by atoms with van der Waals surface area (Å²) in [4.78, 5) is 17.7. The van der Waals surface area contributed by atoms with E-state index in [0.29, 0.717) is 21.9 Å². The molecule has 0 N–H and O–H groups in total. The molecule has 2 aromatic carbocycles. The Kier molecular flexibility index (Phi) is 4.57. The third-order valence-corrected chi connectivity index (χ3v) is 5.26. The molecule has 130 valence electrons. The van der Waals surface area contributed by atoms with Gasteiger partial charge < -0.3 is 4.74 Å². The first kappa shape index (κ1) is 16.9. The summed E-state index contributed by atoms with van der Waals surface area (Å²) in [6.07, 6.45) is 1.85. The summed E-state index contributed by atoms with van der Waals surface area (Å²) in [6, 6.07) is 15.3. The maximum absolute atomic E-state index is 12.6. The number of ether oxygens (including phenoxy) is 1. The van der Waals surface area contributed by atoms with Crippen molar-refractivity contribution in [3.8, 4) is 17.1 Å². The number of halogens is 1. The van der Waals surface area contributed by atoms with E-state index in [2.05, 4.69) is 26.0 Å². The Balaban J connectivity index is 1.71. The van der Waals surface area contributed by atoms with Gasteiger partial charge in [-0.2, -0.15) is 9.50 Å². The van der Waals surface area contributed by atoms with Crippen molar-refractivity contribution in [3.63, 3.8) is 0 Å². The molecule has 0 atom stereocenters. The van der Waals surface area contributed by atoms with Gasteiger partial charge in [0.1, 0.15) is 5.75 Å². The summed E-state index contributed by atoms with van der Waals surface area (Å²) < 4.78 is 8.41. The van der Waals surface area contributed by atoms with Crippen LogP contribution in [0.3, 0.4) is 0 Å². The Labute approximate surface area is 161 Å². The Morgan fingerprint density at radius 1 is 1.15 bits per heavy atom. The Hall–Kier alpha value is -2.51. The van der Waals surface area contributed by atoms with Gasteiger partial charge in [0.05, 0.1) is 11.1 Å². The summed E-state index contributed by atoms with van der Waals surface area (Å²) in [5.74, 6) is 1.33. The number of hydrogen-bond donors (Lipinski definition) is 0. The van der Waals surface area contributed by atoms with Crippen LogP contribution in [-0.4, -0.2) is 21.2 Å². The maximum Gasteiger partial charge on any atom is 0.291 e. The highest BCUT2D eigenvalue weighted by Crippen LogP contribution is 2.20. The van der Waals surface area contributed by atoms with Crippen LogP contribution in [0.5, 0.6) is 5.75 Å². The molecule has 4 aromatic rings. The molecule has 2 heterocycles. The van der Waals surface area contributed by atoms with E-state index in [1.165, 1.54) is 15.9 Å². The molecule has 0 saturated carbocycles. The predicted molar refractivity (Wildman–Crippen MR) is 107 cm³/mol. The SMILES string of the molecule is CCOc1ccc(-c2nc3s/c(=C/c4ccc(Br)cc4)c(=O)n3n2)cc1. The van der Waals surface area contributed by atoms with Crippen molar-refractivity contribution >= 4 is 38.3 Å². The third-order valence-electron chi connectivity index (χ3n) is 3.77. The van der Waals surface area contributed by atoms with Crippen molar-refractivity contribution in [3.05, 3.63) is 73.5 Å². The summed E-state index contributed by atoms with van der Waals surface area (Å²) in [7, 11) is 0. The molecule has 0 radical (unpaired) electrons. The van der Waals surface area contributed by atoms with Crippen molar-refractivity contribution in [2.45, 2.75) is 6.92 Å². The normalized spacial score (nSPS) is 12.0. The van der Waals surface area contributed by atoms with Crippen LogP contribution in [0.15, 0.2) is 57.8 Å². The molecule has 0 amide bonds. The number of aromatic nitrogens is 3. The van der Waals surface area contributed by atoms with Gasteiger partial charge in [-0.05, 0) is 55.0 Å². The summed E-state index contributed by atoms with van der Waals surface area (Å²) >= 11 is 4.74. The van der Waals surface area contributed by atoms with E-state index in [1.54, 1.807) is 0 Å². The lowest BCUT2D eigenvalue weighted by molar-refractivity contribution is 0.340. The van der Waals surface area contributed by atoms with Crippen molar-refractivity contribution in [2.75, 3.05) is 6.61 Å². The lowest BCUT2D eigenvalue weighted by Gasteiger charge is -2.02. The number of fused-ring (bicyclic) bond motifs is 1. The number of hydrogen-bond acceptors (Lipinski definition) is 5. The Morgan fingerprint density at radius 3 is 2.54 bits per heavy atom. The molecule has 26 heavy (non-hydrogen) atoms. The third kappa shape index (κ3) is 3.27. The fourth-order valence-electron chi connectivity index (χ4n) is 2.53. The van der Waals surface area contributed by atoms with E-state index in [1.807, 2.05) is 61.5 Å². The minimum atomic E-state index is -0.155. The fourth-order valence-corrected chi connectivity index (χ4v) is 3.71.